The van der Waals surface area contributed by atoms with Gasteiger partial charge in [0.1, 0.15) is 6.04 Å². The molecule has 0 radical (unpaired) electrons. The fourth-order valence-electron chi connectivity index (χ4n) is 3.94. The quantitative estimate of drug-likeness (QED) is 0.283. The van der Waals surface area contributed by atoms with Gasteiger partial charge in [-0.25, -0.2) is 4.79 Å². The van der Waals surface area contributed by atoms with Gasteiger partial charge in [-0.3, -0.25) is 19.3 Å². The number of imide groups is 1. The summed E-state index contributed by atoms with van der Waals surface area (Å²) in [6.45, 7) is 2.37. The van der Waals surface area contributed by atoms with E-state index in [4.69, 9.17) is 4.74 Å². The van der Waals surface area contributed by atoms with E-state index in [2.05, 4.69) is 5.32 Å². The number of hydrogen-bond donors (Lipinski definition) is 1. The molecule has 3 aromatic rings. The Hall–Kier alpha value is -4.26. The van der Waals surface area contributed by atoms with Crippen molar-refractivity contribution in [3.05, 3.63) is 101 Å². The number of esters is 1. The highest BCUT2D eigenvalue weighted by Gasteiger charge is 2.42. The van der Waals surface area contributed by atoms with Crippen LogP contribution >= 0.6 is 0 Å². The van der Waals surface area contributed by atoms with Gasteiger partial charge in [-0.1, -0.05) is 55.8 Å². The van der Waals surface area contributed by atoms with Crippen molar-refractivity contribution < 1.29 is 23.9 Å². The molecule has 1 aliphatic heterocycles. The number of fused-ring (bicyclic) bond motifs is 1. The number of nitrogens with zero attached hydrogens (tertiary/aromatic N) is 1. The Labute approximate surface area is 203 Å². The van der Waals surface area contributed by atoms with Crippen LogP contribution in [0.3, 0.4) is 0 Å². The second-order valence-electron chi connectivity index (χ2n) is 8.29. The summed E-state index contributed by atoms with van der Waals surface area (Å²) in [5.74, 6) is -1.91. The molecule has 0 aliphatic carbocycles. The van der Waals surface area contributed by atoms with Gasteiger partial charge in [0.15, 0.2) is 0 Å². The minimum atomic E-state index is -1.05. The van der Waals surface area contributed by atoms with Crippen molar-refractivity contribution in [3.63, 3.8) is 0 Å². The molecule has 4 rings (SSSR count). The topological polar surface area (TPSA) is 92.8 Å². The van der Waals surface area contributed by atoms with E-state index in [1.54, 1.807) is 48.5 Å². The highest BCUT2D eigenvalue weighted by atomic mass is 16.5. The lowest BCUT2D eigenvalue weighted by atomic mass is 10.0. The van der Waals surface area contributed by atoms with E-state index in [9.17, 15) is 19.2 Å². The number of carbonyl (C=O) groups excluding carboxylic acids is 4. The summed E-state index contributed by atoms with van der Waals surface area (Å²) in [6.07, 6.45) is 1.88. The summed E-state index contributed by atoms with van der Waals surface area (Å²) in [4.78, 5) is 52.7. The van der Waals surface area contributed by atoms with Crippen molar-refractivity contribution in [3.8, 4) is 0 Å². The molecule has 0 saturated carbocycles. The molecule has 1 atom stereocenters. The minimum absolute atomic E-state index is 0.167. The van der Waals surface area contributed by atoms with Crippen LogP contribution in [-0.4, -0.2) is 41.2 Å². The second-order valence-corrected chi connectivity index (χ2v) is 8.29. The Morgan fingerprint density at radius 1 is 0.857 bits per heavy atom. The smallest absolute Gasteiger partial charge is 0.338 e. The molecule has 3 amide bonds. The van der Waals surface area contributed by atoms with Crippen molar-refractivity contribution in [1.29, 1.82) is 0 Å². The first-order valence-electron chi connectivity index (χ1n) is 11.6. The lowest BCUT2D eigenvalue weighted by molar-refractivity contribution is -0.119. The fourth-order valence-corrected chi connectivity index (χ4v) is 3.94. The van der Waals surface area contributed by atoms with Crippen LogP contribution in [0.25, 0.3) is 0 Å². The number of rotatable bonds is 9. The molecule has 1 unspecified atom stereocenters. The van der Waals surface area contributed by atoms with Gasteiger partial charge in [-0.05, 0) is 48.4 Å². The van der Waals surface area contributed by atoms with E-state index in [0.717, 1.165) is 23.3 Å². The van der Waals surface area contributed by atoms with Crippen LogP contribution in [0.2, 0.25) is 0 Å². The first-order chi connectivity index (χ1) is 17.0. The van der Waals surface area contributed by atoms with Crippen LogP contribution in [0.1, 0.15) is 56.4 Å². The van der Waals surface area contributed by atoms with Gasteiger partial charge in [0.2, 0.25) is 5.91 Å². The van der Waals surface area contributed by atoms with E-state index >= 15 is 0 Å². The van der Waals surface area contributed by atoms with Gasteiger partial charge in [0.25, 0.3) is 11.8 Å². The second kappa shape index (κ2) is 10.8. The molecule has 0 bridgehead atoms. The predicted octanol–water partition coefficient (Wildman–Crippen LogP) is 4.49. The number of ether oxygens (including phenoxy) is 1. The standard InChI is InChI=1S/C28H26N2O5/c1-2-3-17-35-28(34)20-13-15-21(16-14-20)29-25(31)24(18-19-9-5-4-6-10-19)30-26(32)22-11-7-8-12-23(22)27(30)33/h4-16,24H,2-3,17-18H2,1H3,(H,29,31). The van der Waals surface area contributed by atoms with Crippen LogP contribution in [0.15, 0.2) is 78.9 Å². The molecule has 1 heterocycles. The van der Waals surface area contributed by atoms with Gasteiger partial charge < -0.3 is 10.1 Å². The van der Waals surface area contributed by atoms with Gasteiger partial charge in [-0.2, -0.15) is 0 Å². The van der Waals surface area contributed by atoms with Crippen molar-refractivity contribution in [2.75, 3.05) is 11.9 Å². The number of nitrogens with one attached hydrogen (secondary N) is 1. The van der Waals surface area contributed by atoms with Gasteiger partial charge >= 0.3 is 5.97 Å². The van der Waals surface area contributed by atoms with Crippen LogP contribution < -0.4 is 5.32 Å². The highest BCUT2D eigenvalue weighted by Crippen LogP contribution is 2.26. The maximum Gasteiger partial charge on any atom is 0.338 e. The summed E-state index contributed by atoms with van der Waals surface area (Å²) < 4.78 is 5.21. The minimum Gasteiger partial charge on any atom is -0.462 e. The number of anilines is 1. The summed E-state index contributed by atoms with van der Waals surface area (Å²) in [5, 5.41) is 2.79. The number of unbranched alkanes of at least 4 members (excludes halogenated alkanes) is 1. The average Bonchev–Trinajstić information content (AvgIpc) is 3.13. The number of amides is 3. The van der Waals surface area contributed by atoms with Crippen molar-refractivity contribution in [2.24, 2.45) is 0 Å². The third kappa shape index (κ3) is 5.30. The van der Waals surface area contributed by atoms with Crippen LogP contribution in [0.4, 0.5) is 5.69 Å². The van der Waals surface area contributed by atoms with Crippen LogP contribution in [0.5, 0.6) is 0 Å². The van der Waals surface area contributed by atoms with E-state index in [-0.39, 0.29) is 17.5 Å². The molecule has 35 heavy (non-hydrogen) atoms. The van der Waals surface area contributed by atoms with Crippen molar-refractivity contribution >= 4 is 29.4 Å². The maximum absolute atomic E-state index is 13.4. The zero-order chi connectivity index (χ0) is 24.8. The maximum atomic E-state index is 13.4. The third-order valence-corrected chi connectivity index (χ3v) is 5.83. The van der Waals surface area contributed by atoms with E-state index < -0.39 is 29.7 Å². The fraction of sp³-hybridized carbons (Fsp3) is 0.214. The number of benzene rings is 3. The molecule has 0 saturated heterocycles. The molecule has 178 valence electrons. The molecule has 7 heteroatoms. The SMILES string of the molecule is CCCCOC(=O)c1ccc(NC(=O)C(Cc2ccccc2)N2C(=O)c3ccccc3C2=O)cc1. The lowest BCUT2D eigenvalue weighted by Crippen LogP contribution is -2.48. The summed E-state index contributed by atoms with van der Waals surface area (Å²) in [7, 11) is 0. The molecule has 0 aromatic heterocycles. The molecular weight excluding hydrogens is 444 g/mol. The third-order valence-electron chi connectivity index (χ3n) is 5.83. The Balaban J connectivity index is 1.54. The molecule has 1 aliphatic rings. The number of carbonyl (C=O) groups is 4. The summed E-state index contributed by atoms with van der Waals surface area (Å²) in [6, 6.07) is 21.0. The first-order valence-corrected chi connectivity index (χ1v) is 11.6. The van der Waals surface area contributed by atoms with Crippen molar-refractivity contribution in [2.45, 2.75) is 32.2 Å². The number of hydrogen-bond acceptors (Lipinski definition) is 5. The molecule has 0 spiro atoms. The van der Waals surface area contributed by atoms with Crippen LogP contribution in [-0.2, 0) is 16.0 Å². The molecule has 7 nitrogen and oxygen atoms in total. The molecule has 1 N–H and O–H groups in total. The normalized spacial score (nSPS) is 13.3. The van der Waals surface area contributed by atoms with E-state index in [0.29, 0.717) is 17.9 Å². The zero-order valence-electron chi connectivity index (χ0n) is 19.4. The van der Waals surface area contributed by atoms with Gasteiger partial charge in [0.05, 0.1) is 23.3 Å². The molecule has 3 aromatic carbocycles. The predicted molar refractivity (Wildman–Crippen MR) is 131 cm³/mol. The Kier molecular flexibility index (Phi) is 7.35. The van der Waals surface area contributed by atoms with E-state index in [1.165, 1.54) is 0 Å². The van der Waals surface area contributed by atoms with Crippen LogP contribution in [0, 0.1) is 0 Å². The monoisotopic (exact) mass is 470 g/mol. The molecular formula is C28H26N2O5. The van der Waals surface area contributed by atoms with Crippen molar-refractivity contribution in [1.82, 2.24) is 4.90 Å². The van der Waals surface area contributed by atoms with Gasteiger partial charge in [-0.15, -0.1) is 0 Å². The van der Waals surface area contributed by atoms with Gasteiger partial charge in [0, 0.05) is 12.1 Å². The molecule has 0 fully saturated rings. The Morgan fingerprint density at radius 3 is 2.06 bits per heavy atom. The average molecular weight is 471 g/mol. The van der Waals surface area contributed by atoms with E-state index in [1.807, 2.05) is 37.3 Å². The highest BCUT2D eigenvalue weighted by molar-refractivity contribution is 6.23. The Morgan fingerprint density at radius 2 is 1.46 bits per heavy atom. The first kappa shape index (κ1) is 23.9. The largest absolute Gasteiger partial charge is 0.462 e. The summed E-state index contributed by atoms with van der Waals surface area (Å²) >= 11 is 0. The lowest BCUT2D eigenvalue weighted by Gasteiger charge is -2.25. The Bertz CT molecular complexity index is 1200. The summed E-state index contributed by atoms with van der Waals surface area (Å²) in [5.41, 5.74) is 2.20. The zero-order valence-corrected chi connectivity index (χ0v) is 19.4.